The molecule has 10 rings (SSSR count). The lowest BCUT2D eigenvalue weighted by Gasteiger charge is -2.63. The summed E-state index contributed by atoms with van der Waals surface area (Å²) >= 11 is 0. The molecule has 4 bridgehead atoms. The van der Waals surface area contributed by atoms with E-state index < -0.39 is 0 Å². The van der Waals surface area contributed by atoms with Gasteiger partial charge in [0.2, 0.25) is 0 Å². The van der Waals surface area contributed by atoms with E-state index in [0.29, 0.717) is 5.41 Å². The van der Waals surface area contributed by atoms with Crippen LogP contribution in [0.15, 0.2) is 146 Å². The van der Waals surface area contributed by atoms with Crippen molar-refractivity contribution in [3.05, 3.63) is 179 Å². The lowest BCUT2D eigenvalue weighted by Crippen LogP contribution is -2.55. The molecule has 2 heteroatoms. The van der Waals surface area contributed by atoms with Gasteiger partial charge in [0.15, 0.2) is 0 Å². The van der Waals surface area contributed by atoms with Crippen LogP contribution in [0, 0.1) is 32.6 Å². The molecule has 4 fully saturated rings. The zero-order valence-corrected chi connectivity index (χ0v) is 33.3. The standard InChI is InChI=1S/C53H56N2/c1-5-6-7-41-14-24-48(25-15-41)55(51-30-28-50(29-31-51)54(46-20-10-39(3)11-21-46)47-22-12-40(4)13-23-47)49-26-18-45(19-27-49)53-35-42-32-43(36-53)34-52(33-42,37-53)44-16-8-38(2)9-17-44/h8-31,42-43H,5-7,32-37H2,1-4H3. The Balaban J connectivity index is 1.07. The fourth-order valence-corrected chi connectivity index (χ4v) is 11.0. The first-order valence-electron chi connectivity index (χ1n) is 20.9. The maximum absolute atomic E-state index is 2.50. The van der Waals surface area contributed by atoms with Crippen molar-refractivity contribution in [1.82, 2.24) is 0 Å². The average Bonchev–Trinajstić information content (AvgIpc) is 3.20. The van der Waals surface area contributed by atoms with Crippen LogP contribution in [0.5, 0.6) is 0 Å². The molecule has 0 spiro atoms. The summed E-state index contributed by atoms with van der Waals surface area (Å²) in [6.07, 6.45) is 11.7. The average molecular weight is 721 g/mol. The predicted molar refractivity (Wildman–Crippen MR) is 233 cm³/mol. The molecule has 4 saturated carbocycles. The summed E-state index contributed by atoms with van der Waals surface area (Å²) in [5, 5.41) is 0. The summed E-state index contributed by atoms with van der Waals surface area (Å²) in [7, 11) is 0. The highest BCUT2D eigenvalue weighted by molar-refractivity contribution is 5.81. The summed E-state index contributed by atoms with van der Waals surface area (Å²) < 4.78 is 0. The van der Waals surface area contributed by atoms with Gasteiger partial charge in [0, 0.05) is 34.1 Å². The zero-order chi connectivity index (χ0) is 37.6. The number of hydrogen-bond acceptors (Lipinski definition) is 2. The van der Waals surface area contributed by atoms with E-state index in [2.05, 4.69) is 183 Å². The monoisotopic (exact) mass is 720 g/mol. The van der Waals surface area contributed by atoms with Gasteiger partial charge in [-0.15, -0.1) is 0 Å². The van der Waals surface area contributed by atoms with Crippen molar-refractivity contribution in [2.75, 3.05) is 9.80 Å². The summed E-state index contributed by atoms with van der Waals surface area (Å²) in [5.74, 6) is 1.67. The Labute approximate surface area is 329 Å². The molecule has 2 unspecified atom stereocenters. The molecule has 2 atom stereocenters. The van der Waals surface area contributed by atoms with Gasteiger partial charge in [-0.05, 0) is 184 Å². The van der Waals surface area contributed by atoms with Crippen LogP contribution in [0.1, 0.15) is 91.7 Å². The topological polar surface area (TPSA) is 6.48 Å². The van der Waals surface area contributed by atoms with Gasteiger partial charge < -0.3 is 9.80 Å². The van der Waals surface area contributed by atoms with Crippen LogP contribution in [-0.4, -0.2) is 0 Å². The van der Waals surface area contributed by atoms with E-state index in [0.717, 1.165) is 35.3 Å². The first-order chi connectivity index (χ1) is 26.8. The molecule has 278 valence electrons. The molecule has 0 heterocycles. The lowest BCUT2D eigenvalue weighted by atomic mass is 9.42. The van der Waals surface area contributed by atoms with Crippen LogP contribution in [-0.2, 0) is 17.3 Å². The van der Waals surface area contributed by atoms with E-state index >= 15 is 0 Å². The molecule has 6 aromatic rings. The Morgan fingerprint density at radius 3 is 1.13 bits per heavy atom. The van der Waals surface area contributed by atoms with Crippen molar-refractivity contribution in [3.8, 4) is 0 Å². The smallest absolute Gasteiger partial charge is 0.0463 e. The maximum Gasteiger partial charge on any atom is 0.0463 e. The SMILES string of the molecule is CCCCc1ccc(N(c2ccc(N(c3ccc(C)cc3)c3ccc(C)cc3)cc2)c2ccc(C34CC5CC(CC(c6ccc(C)cc6)(C5)C3)C4)cc2)cc1. The van der Waals surface area contributed by atoms with Crippen molar-refractivity contribution >= 4 is 34.1 Å². The molecule has 0 saturated heterocycles. The number of anilines is 6. The van der Waals surface area contributed by atoms with Gasteiger partial charge in [0.25, 0.3) is 0 Å². The molecule has 55 heavy (non-hydrogen) atoms. The summed E-state index contributed by atoms with van der Waals surface area (Å²) in [6, 6.07) is 55.6. The Kier molecular flexibility index (Phi) is 9.41. The highest BCUT2D eigenvalue weighted by Crippen LogP contribution is 2.66. The molecule has 0 N–H and O–H groups in total. The number of nitrogens with zero attached hydrogens (tertiary/aromatic N) is 2. The second-order valence-corrected chi connectivity index (χ2v) is 17.6. The first-order valence-corrected chi connectivity index (χ1v) is 20.9. The van der Waals surface area contributed by atoms with E-state index in [1.807, 2.05) is 0 Å². The highest BCUT2D eigenvalue weighted by atomic mass is 15.2. The molecule has 2 nitrogen and oxygen atoms in total. The number of hydrogen-bond donors (Lipinski definition) is 0. The van der Waals surface area contributed by atoms with Crippen LogP contribution in [0.4, 0.5) is 34.1 Å². The van der Waals surface area contributed by atoms with Crippen LogP contribution in [0.25, 0.3) is 0 Å². The summed E-state index contributed by atoms with van der Waals surface area (Å²) in [5.41, 5.74) is 16.1. The minimum absolute atomic E-state index is 0.274. The van der Waals surface area contributed by atoms with Crippen LogP contribution < -0.4 is 9.80 Å². The van der Waals surface area contributed by atoms with Gasteiger partial charge in [-0.2, -0.15) is 0 Å². The highest BCUT2D eigenvalue weighted by Gasteiger charge is 2.58. The fourth-order valence-electron chi connectivity index (χ4n) is 11.0. The third-order valence-electron chi connectivity index (χ3n) is 13.4. The first kappa shape index (κ1) is 35.6. The third-order valence-corrected chi connectivity index (χ3v) is 13.4. The Bertz CT molecular complexity index is 2150. The van der Waals surface area contributed by atoms with Crippen molar-refractivity contribution in [2.24, 2.45) is 11.8 Å². The van der Waals surface area contributed by atoms with E-state index in [1.165, 1.54) is 90.7 Å². The van der Waals surface area contributed by atoms with Crippen LogP contribution in [0.3, 0.4) is 0 Å². The van der Waals surface area contributed by atoms with Crippen LogP contribution >= 0.6 is 0 Å². The second kappa shape index (κ2) is 14.5. The number of benzene rings is 6. The Morgan fingerprint density at radius 1 is 0.436 bits per heavy atom. The predicted octanol–water partition coefficient (Wildman–Crippen LogP) is 14.7. The third kappa shape index (κ3) is 6.90. The number of unbranched alkanes of at least 4 members (excludes halogenated alkanes) is 1. The van der Waals surface area contributed by atoms with E-state index in [1.54, 1.807) is 11.1 Å². The molecule has 0 radical (unpaired) electrons. The molecule has 0 amide bonds. The largest absolute Gasteiger partial charge is 0.311 e. The molecule has 6 aromatic carbocycles. The lowest BCUT2D eigenvalue weighted by molar-refractivity contribution is -0.0281. The molecular formula is C53H56N2. The Hall–Kier alpha value is -5.08. The quantitative estimate of drug-likeness (QED) is 0.131. The zero-order valence-electron chi connectivity index (χ0n) is 33.3. The van der Waals surface area contributed by atoms with Crippen LogP contribution in [0.2, 0.25) is 0 Å². The van der Waals surface area contributed by atoms with Crippen molar-refractivity contribution in [1.29, 1.82) is 0 Å². The molecular weight excluding hydrogens is 665 g/mol. The maximum atomic E-state index is 2.50. The van der Waals surface area contributed by atoms with Crippen molar-refractivity contribution < 1.29 is 0 Å². The minimum Gasteiger partial charge on any atom is -0.311 e. The summed E-state index contributed by atoms with van der Waals surface area (Å²) in [4.78, 5) is 4.81. The van der Waals surface area contributed by atoms with Crippen molar-refractivity contribution in [2.45, 2.75) is 96.3 Å². The fraction of sp³-hybridized carbons (Fsp3) is 0.321. The van der Waals surface area contributed by atoms with Gasteiger partial charge in [-0.1, -0.05) is 103 Å². The van der Waals surface area contributed by atoms with Gasteiger partial charge >= 0.3 is 0 Å². The van der Waals surface area contributed by atoms with Gasteiger partial charge in [0.05, 0.1) is 0 Å². The van der Waals surface area contributed by atoms with Crippen molar-refractivity contribution in [3.63, 3.8) is 0 Å². The van der Waals surface area contributed by atoms with Gasteiger partial charge in [-0.3, -0.25) is 0 Å². The molecule has 0 aromatic heterocycles. The van der Waals surface area contributed by atoms with E-state index in [-0.39, 0.29) is 5.41 Å². The van der Waals surface area contributed by atoms with E-state index in [4.69, 9.17) is 0 Å². The normalized spacial score (nSPS) is 22.5. The van der Waals surface area contributed by atoms with Gasteiger partial charge in [0.1, 0.15) is 0 Å². The molecule has 0 aliphatic heterocycles. The Morgan fingerprint density at radius 2 is 0.745 bits per heavy atom. The second-order valence-electron chi connectivity index (χ2n) is 17.6. The number of aryl methyl sites for hydroxylation is 4. The summed E-state index contributed by atoms with van der Waals surface area (Å²) in [6.45, 7) is 8.79. The van der Waals surface area contributed by atoms with E-state index in [9.17, 15) is 0 Å². The molecule has 4 aliphatic rings. The molecule has 4 aliphatic carbocycles. The minimum atomic E-state index is 0.274. The van der Waals surface area contributed by atoms with Gasteiger partial charge in [-0.25, -0.2) is 0 Å². The number of rotatable bonds is 11.